The summed E-state index contributed by atoms with van der Waals surface area (Å²) >= 11 is 0. The zero-order valence-corrected chi connectivity index (χ0v) is 10.6. The maximum atomic E-state index is 4.45. The second-order valence-electron chi connectivity index (χ2n) is 4.19. The lowest BCUT2D eigenvalue weighted by atomic mass is 10.2. The first-order valence-corrected chi connectivity index (χ1v) is 5.94. The molecule has 2 aromatic heterocycles. The second kappa shape index (κ2) is 5.03. The van der Waals surface area contributed by atoms with Gasteiger partial charge in [0.2, 0.25) is 5.95 Å². The Morgan fingerprint density at radius 1 is 1.35 bits per heavy atom. The van der Waals surface area contributed by atoms with E-state index in [-0.39, 0.29) is 0 Å². The van der Waals surface area contributed by atoms with Crippen LogP contribution in [-0.2, 0) is 20.0 Å². The molecule has 0 bridgehead atoms. The number of anilines is 1. The van der Waals surface area contributed by atoms with Crippen molar-refractivity contribution in [2.24, 2.45) is 7.05 Å². The van der Waals surface area contributed by atoms with Crippen LogP contribution in [0.1, 0.15) is 18.2 Å². The van der Waals surface area contributed by atoms with E-state index in [9.17, 15) is 0 Å². The fraction of sp³-hybridized carbons (Fsp3) is 0.500. The van der Waals surface area contributed by atoms with Crippen LogP contribution in [0.15, 0.2) is 18.6 Å². The van der Waals surface area contributed by atoms with Crippen molar-refractivity contribution in [3.63, 3.8) is 0 Å². The van der Waals surface area contributed by atoms with Gasteiger partial charge in [-0.05, 0) is 25.8 Å². The minimum absolute atomic E-state index is 0.877. The van der Waals surface area contributed by atoms with E-state index in [4.69, 9.17) is 0 Å². The zero-order valence-electron chi connectivity index (χ0n) is 10.6. The molecule has 2 rings (SSSR count). The maximum absolute atomic E-state index is 4.45. The van der Waals surface area contributed by atoms with Crippen LogP contribution in [0.2, 0.25) is 0 Å². The molecule has 0 aliphatic carbocycles. The molecular weight excluding hydrogens is 214 g/mol. The molecule has 0 spiro atoms. The number of imidazole rings is 1. The topological polar surface area (TPSA) is 47.7 Å². The molecule has 0 aliphatic rings. The Kier molecular flexibility index (Phi) is 3.46. The lowest BCUT2D eigenvalue weighted by Gasteiger charge is -2.06. The maximum Gasteiger partial charge on any atom is 0.203 e. The summed E-state index contributed by atoms with van der Waals surface area (Å²) in [5, 5.41) is 7.51. The van der Waals surface area contributed by atoms with Gasteiger partial charge in [-0.15, -0.1) is 0 Å². The number of rotatable bonds is 5. The average Bonchev–Trinajstić information content (AvgIpc) is 2.85. The van der Waals surface area contributed by atoms with Crippen LogP contribution >= 0.6 is 0 Å². The molecule has 2 aromatic rings. The van der Waals surface area contributed by atoms with Crippen molar-refractivity contribution in [1.29, 1.82) is 0 Å². The quantitative estimate of drug-likeness (QED) is 0.853. The highest BCUT2D eigenvalue weighted by atomic mass is 15.2. The Labute approximate surface area is 101 Å². The molecule has 0 saturated heterocycles. The van der Waals surface area contributed by atoms with Gasteiger partial charge in [0.25, 0.3) is 0 Å². The van der Waals surface area contributed by atoms with Crippen LogP contribution in [0.3, 0.4) is 0 Å². The number of hydrogen-bond donors (Lipinski definition) is 1. The van der Waals surface area contributed by atoms with Gasteiger partial charge in [0.1, 0.15) is 0 Å². The monoisotopic (exact) mass is 233 g/mol. The molecule has 0 atom stereocenters. The Morgan fingerprint density at radius 2 is 2.18 bits per heavy atom. The number of nitrogens with one attached hydrogen (secondary N) is 1. The van der Waals surface area contributed by atoms with Crippen molar-refractivity contribution in [2.75, 3.05) is 11.9 Å². The van der Waals surface area contributed by atoms with E-state index < -0.39 is 0 Å². The summed E-state index contributed by atoms with van der Waals surface area (Å²) in [6.07, 6.45) is 6.97. The molecule has 0 radical (unpaired) electrons. The fourth-order valence-corrected chi connectivity index (χ4v) is 1.85. The minimum atomic E-state index is 0.877. The Balaban J connectivity index is 1.89. The Hall–Kier alpha value is -1.78. The normalized spacial score (nSPS) is 10.8. The first-order valence-electron chi connectivity index (χ1n) is 5.94. The summed E-state index contributed by atoms with van der Waals surface area (Å²) in [6.45, 7) is 5.95. The van der Waals surface area contributed by atoms with Crippen molar-refractivity contribution >= 4 is 5.95 Å². The summed E-state index contributed by atoms with van der Waals surface area (Å²) in [6, 6.07) is 0. The van der Waals surface area contributed by atoms with Crippen molar-refractivity contribution < 1.29 is 0 Å². The van der Waals surface area contributed by atoms with Gasteiger partial charge >= 0.3 is 0 Å². The summed E-state index contributed by atoms with van der Waals surface area (Å²) < 4.78 is 3.95. The van der Waals surface area contributed by atoms with Gasteiger partial charge in [-0.2, -0.15) is 5.10 Å². The van der Waals surface area contributed by atoms with Gasteiger partial charge in [0.05, 0.1) is 11.9 Å². The van der Waals surface area contributed by atoms with E-state index in [0.717, 1.165) is 31.2 Å². The largest absolute Gasteiger partial charge is 0.355 e. The first-order chi connectivity index (χ1) is 8.19. The average molecular weight is 233 g/mol. The molecular formula is C12H19N5. The Bertz CT molecular complexity index is 483. The minimum Gasteiger partial charge on any atom is -0.355 e. The van der Waals surface area contributed by atoms with Crippen LogP contribution in [-0.4, -0.2) is 25.9 Å². The zero-order chi connectivity index (χ0) is 12.3. The molecule has 0 unspecified atom stereocenters. The van der Waals surface area contributed by atoms with E-state index in [1.165, 1.54) is 5.56 Å². The van der Waals surface area contributed by atoms with Crippen LogP contribution in [0, 0.1) is 6.92 Å². The molecule has 1 N–H and O–H groups in total. The van der Waals surface area contributed by atoms with Crippen molar-refractivity contribution in [3.8, 4) is 0 Å². The third-order valence-electron chi connectivity index (χ3n) is 2.69. The van der Waals surface area contributed by atoms with Gasteiger partial charge in [0.15, 0.2) is 0 Å². The standard InChI is InChI=1S/C12H19N5/c1-4-17-8-10(2)15-12(17)13-6-5-11-7-14-16(3)9-11/h7-9H,4-6H2,1-3H3,(H,13,15). The van der Waals surface area contributed by atoms with Crippen LogP contribution in [0.25, 0.3) is 0 Å². The number of aryl methyl sites for hydroxylation is 3. The summed E-state index contributed by atoms with van der Waals surface area (Å²) in [5.74, 6) is 0.953. The molecule has 92 valence electrons. The number of hydrogen-bond acceptors (Lipinski definition) is 3. The second-order valence-corrected chi connectivity index (χ2v) is 4.19. The van der Waals surface area contributed by atoms with Crippen LogP contribution in [0.4, 0.5) is 5.95 Å². The molecule has 0 amide bonds. The molecule has 17 heavy (non-hydrogen) atoms. The molecule has 0 aliphatic heterocycles. The SMILES string of the molecule is CCn1cc(C)nc1NCCc1cnn(C)c1. The van der Waals surface area contributed by atoms with E-state index in [2.05, 4.69) is 33.1 Å². The van der Waals surface area contributed by atoms with Crippen molar-refractivity contribution in [2.45, 2.75) is 26.8 Å². The fourth-order valence-electron chi connectivity index (χ4n) is 1.85. The molecule has 5 heteroatoms. The predicted molar refractivity (Wildman–Crippen MR) is 68.0 cm³/mol. The molecule has 0 aromatic carbocycles. The Morgan fingerprint density at radius 3 is 2.82 bits per heavy atom. The van der Waals surface area contributed by atoms with Gasteiger partial charge in [-0.1, -0.05) is 0 Å². The molecule has 0 fully saturated rings. The lowest BCUT2D eigenvalue weighted by Crippen LogP contribution is -2.09. The van der Waals surface area contributed by atoms with Gasteiger partial charge in [-0.3, -0.25) is 4.68 Å². The third kappa shape index (κ3) is 2.87. The first kappa shape index (κ1) is 11.7. The lowest BCUT2D eigenvalue weighted by molar-refractivity contribution is 0.760. The van der Waals surface area contributed by atoms with E-state index in [1.54, 1.807) is 0 Å². The van der Waals surface area contributed by atoms with Crippen LogP contribution < -0.4 is 5.32 Å². The van der Waals surface area contributed by atoms with Gasteiger partial charge in [-0.25, -0.2) is 4.98 Å². The molecule has 2 heterocycles. The highest BCUT2D eigenvalue weighted by Gasteiger charge is 2.03. The number of aromatic nitrogens is 4. The molecule has 5 nitrogen and oxygen atoms in total. The molecule has 0 saturated carbocycles. The van der Waals surface area contributed by atoms with Gasteiger partial charge < -0.3 is 9.88 Å². The van der Waals surface area contributed by atoms with Crippen molar-refractivity contribution in [1.82, 2.24) is 19.3 Å². The summed E-state index contributed by atoms with van der Waals surface area (Å²) in [5.41, 5.74) is 2.29. The third-order valence-corrected chi connectivity index (χ3v) is 2.69. The van der Waals surface area contributed by atoms with Crippen LogP contribution in [0.5, 0.6) is 0 Å². The number of nitrogens with zero attached hydrogens (tertiary/aromatic N) is 4. The summed E-state index contributed by atoms with van der Waals surface area (Å²) in [7, 11) is 1.93. The summed E-state index contributed by atoms with van der Waals surface area (Å²) in [4.78, 5) is 4.45. The van der Waals surface area contributed by atoms with E-state index in [1.807, 2.05) is 31.0 Å². The van der Waals surface area contributed by atoms with E-state index in [0.29, 0.717) is 0 Å². The highest BCUT2D eigenvalue weighted by molar-refractivity contribution is 5.29. The highest BCUT2D eigenvalue weighted by Crippen LogP contribution is 2.08. The van der Waals surface area contributed by atoms with E-state index >= 15 is 0 Å². The van der Waals surface area contributed by atoms with Crippen molar-refractivity contribution in [3.05, 3.63) is 29.8 Å². The van der Waals surface area contributed by atoms with Gasteiger partial charge in [0, 0.05) is 32.5 Å². The smallest absolute Gasteiger partial charge is 0.203 e. The predicted octanol–water partition coefficient (Wildman–Crippen LogP) is 1.60.